The zero-order valence-electron chi connectivity index (χ0n) is 15.9. The van der Waals surface area contributed by atoms with E-state index in [1.54, 1.807) is 36.4 Å². The zero-order valence-corrected chi connectivity index (χ0v) is 15.9. The largest absolute Gasteiger partial charge is 0.339 e. The summed E-state index contributed by atoms with van der Waals surface area (Å²) in [5, 5.41) is 3.02. The average molecular weight is 380 g/mol. The van der Waals surface area contributed by atoms with Gasteiger partial charge < -0.3 is 10.2 Å². The van der Waals surface area contributed by atoms with Crippen LogP contribution in [0.1, 0.15) is 54.4 Å². The maximum Gasteiger partial charge on any atom is 0.253 e. The van der Waals surface area contributed by atoms with Crippen LogP contribution >= 0.6 is 0 Å². The highest BCUT2D eigenvalue weighted by molar-refractivity contribution is 6.00. The van der Waals surface area contributed by atoms with Crippen LogP contribution in [0.3, 0.4) is 0 Å². The van der Waals surface area contributed by atoms with E-state index in [1.165, 1.54) is 12.1 Å². The molecule has 2 fully saturated rings. The van der Waals surface area contributed by atoms with E-state index in [2.05, 4.69) is 5.32 Å². The Morgan fingerprint density at radius 2 is 1.46 bits per heavy atom. The van der Waals surface area contributed by atoms with Crippen molar-refractivity contribution < 1.29 is 14.0 Å². The minimum atomic E-state index is -0.613. The van der Waals surface area contributed by atoms with Crippen LogP contribution < -0.4 is 5.32 Å². The lowest BCUT2D eigenvalue weighted by molar-refractivity contribution is -0.121. The van der Waals surface area contributed by atoms with Crippen molar-refractivity contribution in [3.05, 3.63) is 65.5 Å². The Balaban J connectivity index is 1.50. The number of carbonyl (C=O) groups is 2. The molecule has 1 saturated carbocycles. The predicted octanol–water partition coefficient (Wildman–Crippen LogP) is 4.51. The second-order valence-electron chi connectivity index (χ2n) is 7.83. The molecule has 4 nitrogen and oxygen atoms in total. The van der Waals surface area contributed by atoms with Gasteiger partial charge in [-0.25, -0.2) is 4.39 Å². The molecule has 2 aromatic carbocycles. The van der Waals surface area contributed by atoms with E-state index in [0.29, 0.717) is 11.3 Å². The van der Waals surface area contributed by atoms with Crippen LogP contribution in [0.15, 0.2) is 48.5 Å². The number of hydrogen-bond acceptors (Lipinski definition) is 2. The molecule has 2 aliphatic rings. The third-order valence-corrected chi connectivity index (χ3v) is 6.07. The molecule has 0 radical (unpaired) electrons. The molecule has 0 spiro atoms. The second-order valence-corrected chi connectivity index (χ2v) is 7.83. The van der Waals surface area contributed by atoms with Gasteiger partial charge in [-0.15, -0.1) is 0 Å². The molecule has 1 heterocycles. The van der Waals surface area contributed by atoms with Crippen LogP contribution in [-0.2, 0) is 10.2 Å². The summed E-state index contributed by atoms with van der Waals surface area (Å²) in [6, 6.07) is 13.4. The molecule has 5 heteroatoms. The number of nitrogens with one attached hydrogen (secondary N) is 1. The maximum absolute atomic E-state index is 13.3. The lowest BCUT2D eigenvalue weighted by Gasteiger charge is -2.28. The van der Waals surface area contributed by atoms with Crippen molar-refractivity contribution in [1.82, 2.24) is 4.90 Å². The van der Waals surface area contributed by atoms with Crippen molar-refractivity contribution in [3.63, 3.8) is 0 Å². The quantitative estimate of drug-likeness (QED) is 0.848. The number of benzene rings is 2. The summed E-state index contributed by atoms with van der Waals surface area (Å²) < 4.78 is 13.3. The van der Waals surface area contributed by atoms with Crippen LogP contribution in [-0.4, -0.2) is 29.8 Å². The highest BCUT2D eigenvalue weighted by atomic mass is 19.1. The van der Waals surface area contributed by atoms with E-state index >= 15 is 0 Å². The summed E-state index contributed by atoms with van der Waals surface area (Å²) in [6.45, 7) is 1.63. The van der Waals surface area contributed by atoms with Gasteiger partial charge in [0, 0.05) is 24.3 Å². The Morgan fingerprint density at radius 1 is 0.857 bits per heavy atom. The number of nitrogens with zero attached hydrogens (tertiary/aromatic N) is 1. The Hall–Kier alpha value is -2.69. The lowest BCUT2D eigenvalue weighted by atomic mass is 9.78. The van der Waals surface area contributed by atoms with Gasteiger partial charge >= 0.3 is 0 Å². The van der Waals surface area contributed by atoms with Crippen LogP contribution in [0.2, 0.25) is 0 Å². The van der Waals surface area contributed by atoms with Gasteiger partial charge in [-0.3, -0.25) is 9.59 Å². The lowest BCUT2D eigenvalue weighted by Crippen LogP contribution is -2.38. The first-order chi connectivity index (χ1) is 13.6. The van der Waals surface area contributed by atoms with Crippen LogP contribution in [0.4, 0.5) is 10.1 Å². The number of amides is 2. The Bertz CT molecular complexity index is 849. The molecule has 4 rings (SSSR count). The SMILES string of the molecule is O=C(c1ccc(NC(=O)C2(c3ccc(F)cc3)CCCC2)cc1)N1CCCC1. The molecule has 2 aromatic rings. The van der Waals surface area contributed by atoms with E-state index in [0.717, 1.165) is 57.2 Å². The fraction of sp³-hybridized carbons (Fsp3) is 0.391. The monoisotopic (exact) mass is 380 g/mol. The molecule has 2 amide bonds. The van der Waals surface area contributed by atoms with Crippen molar-refractivity contribution in [3.8, 4) is 0 Å². The number of hydrogen-bond donors (Lipinski definition) is 1. The first kappa shape index (κ1) is 18.7. The summed E-state index contributed by atoms with van der Waals surface area (Å²) in [4.78, 5) is 27.5. The van der Waals surface area contributed by atoms with Gasteiger partial charge in [0.2, 0.25) is 5.91 Å². The summed E-state index contributed by atoms with van der Waals surface area (Å²) in [5.74, 6) is -0.306. The van der Waals surface area contributed by atoms with Gasteiger partial charge in [-0.2, -0.15) is 0 Å². The number of rotatable bonds is 4. The van der Waals surface area contributed by atoms with Gasteiger partial charge in [0.05, 0.1) is 5.41 Å². The predicted molar refractivity (Wildman–Crippen MR) is 107 cm³/mol. The van der Waals surface area contributed by atoms with Crippen LogP contribution in [0, 0.1) is 5.82 Å². The Labute approximate surface area is 164 Å². The summed E-state index contributed by atoms with van der Waals surface area (Å²) >= 11 is 0. The zero-order chi connectivity index (χ0) is 19.6. The fourth-order valence-corrected chi connectivity index (χ4v) is 4.44. The Kier molecular flexibility index (Phi) is 5.16. The number of anilines is 1. The molecule has 28 heavy (non-hydrogen) atoms. The topological polar surface area (TPSA) is 49.4 Å². The third kappa shape index (κ3) is 3.53. The first-order valence-corrected chi connectivity index (χ1v) is 10.1. The summed E-state index contributed by atoms with van der Waals surface area (Å²) in [5.41, 5.74) is 1.58. The minimum Gasteiger partial charge on any atom is -0.339 e. The van der Waals surface area contributed by atoms with E-state index in [1.807, 2.05) is 4.90 Å². The molecule has 1 saturated heterocycles. The second kappa shape index (κ2) is 7.74. The van der Waals surface area contributed by atoms with Crippen LogP contribution in [0.5, 0.6) is 0 Å². The fourth-order valence-electron chi connectivity index (χ4n) is 4.44. The molecule has 0 bridgehead atoms. The van der Waals surface area contributed by atoms with E-state index < -0.39 is 5.41 Å². The molecule has 0 unspecified atom stereocenters. The maximum atomic E-state index is 13.3. The highest BCUT2D eigenvalue weighted by Crippen LogP contribution is 2.42. The molecule has 0 aromatic heterocycles. The van der Waals surface area contributed by atoms with E-state index in [9.17, 15) is 14.0 Å². The summed E-state index contributed by atoms with van der Waals surface area (Å²) in [6.07, 6.45) is 5.60. The van der Waals surface area contributed by atoms with Crippen molar-refractivity contribution in [1.29, 1.82) is 0 Å². The van der Waals surface area contributed by atoms with Gasteiger partial charge in [0.25, 0.3) is 5.91 Å². The van der Waals surface area contributed by atoms with Gasteiger partial charge in [-0.1, -0.05) is 25.0 Å². The van der Waals surface area contributed by atoms with Crippen LogP contribution in [0.25, 0.3) is 0 Å². The third-order valence-electron chi connectivity index (χ3n) is 6.07. The molecular weight excluding hydrogens is 355 g/mol. The smallest absolute Gasteiger partial charge is 0.253 e. The van der Waals surface area contributed by atoms with Crippen molar-refractivity contribution in [2.75, 3.05) is 18.4 Å². The number of carbonyl (C=O) groups excluding carboxylic acids is 2. The normalized spacial score (nSPS) is 18.2. The van der Waals surface area contributed by atoms with E-state index in [4.69, 9.17) is 0 Å². The van der Waals surface area contributed by atoms with Gasteiger partial charge in [0.15, 0.2) is 0 Å². The molecule has 0 atom stereocenters. The molecule has 1 N–H and O–H groups in total. The van der Waals surface area contributed by atoms with Gasteiger partial charge in [-0.05, 0) is 67.6 Å². The average Bonchev–Trinajstić information content (AvgIpc) is 3.41. The standard InChI is InChI=1S/C23H25FN2O2/c24-19-9-7-18(8-10-19)23(13-1-2-14-23)22(28)25-20-11-5-17(6-12-20)21(27)26-15-3-4-16-26/h5-12H,1-4,13-16H2,(H,25,28). The summed E-state index contributed by atoms with van der Waals surface area (Å²) in [7, 11) is 0. The van der Waals surface area contributed by atoms with Gasteiger partial charge in [0.1, 0.15) is 5.82 Å². The molecule has 1 aliphatic carbocycles. The molecule has 146 valence electrons. The van der Waals surface area contributed by atoms with E-state index in [-0.39, 0.29) is 17.6 Å². The van der Waals surface area contributed by atoms with Crippen molar-refractivity contribution in [2.24, 2.45) is 0 Å². The minimum absolute atomic E-state index is 0.0500. The highest BCUT2D eigenvalue weighted by Gasteiger charge is 2.42. The van der Waals surface area contributed by atoms with Crippen molar-refractivity contribution in [2.45, 2.75) is 43.9 Å². The first-order valence-electron chi connectivity index (χ1n) is 10.1. The molecule has 1 aliphatic heterocycles. The number of halogens is 1. The molecular formula is C23H25FN2O2. The van der Waals surface area contributed by atoms with Crippen molar-refractivity contribution >= 4 is 17.5 Å². The number of likely N-dealkylation sites (tertiary alicyclic amines) is 1. The Morgan fingerprint density at radius 3 is 2.07 bits per heavy atom.